The second kappa shape index (κ2) is 6.93. The van der Waals surface area contributed by atoms with Crippen LogP contribution >= 0.6 is 0 Å². The van der Waals surface area contributed by atoms with Gasteiger partial charge in [0.15, 0.2) is 0 Å². The first kappa shape index (κ1) is 15.8. The molecule has 0 aromatic carbocycles. The zero-order valence-corrected chi connectivity index (χ0v) is 13.6. The topological polar surface area (TPSA) is 29.5 Å². The number of likely N-dealkylation sites (tertiary alicyclic amines) is 1. The fourth-order valence-electron chi connectivity index (χ4n) is 3.12. The van der Waals surface area contributed by atoms with Crippen LogP contribution in [0, 0.1) is 17.8 Å². The molecule has 0 radical (unpaired) electrons. The molecule has 0 spiro atoms. The average Bonchev–Trinajstić information content (AvgIpc) is 3.22. The van der Waals surface area contributed by atoms with Crippen molar-refractivity contribution in [2.24, 2.45) is 17.8 Å². The first-order valence-electron chi connectivity index (χ1n) is 8.41. The van der Waals surface area contributed by atoms with Gasteiger partial charge in [-0.3, -0.25) is 4.79 Å². The normalized spacial score (nSPS) is 29.4. The molecule has 1 saturated carbocycles. The molecule has 1 saturated heterocycles. The van der Waals surface area contributed by atoms with Gasteiger partial charge in [-0.15, -0.1) is 0 Å². The van der Waals surface area contributed by atoms with E-state index in [2.05, 4.69) is 25.7 Å². The molecule has 0 N–H and O–H groups in total. The summed E-state index contributed by atoms with van der Waals surface area (Å²) in [5.41, 5.74) is 0. The SMILES string of the molecule is CC1CCC(C(C)C)N(C(=O)C(C)OCC2CC2)CC1. The van der Waals surface area contributed by atoms with Crippen LogP contribution in [0.4, 0.5) is 0 Å². The number of rotatable bonds is 5. The third kappa shape index (κ3) is 4.21. The summed E-state index contributed by atoms with van der Waals surface area (Å²) < 4.78 is 5.79. The van der Waals surface area contributed by atoms with Crippen LogP contribution in [0.15, 0.2) is 0 Å². The summed E-state index contributed by atoms with van der Waals surface area (Å²) in [4.78, 5) is 14.8. The average molecular weight is 281 g/mol. The molecule has 2 rings (SSSR count). The molecule has 0 aromatic heterocycles. The standard InChI is InChI=1S/C17H31NO2/c1-12(2)16-8-5-13(3)9-10-18(16)17(19)14(4)20-11-15-6-7-15/h12-16H,5-11H2,1-4H3. The molecule has 3 atom stereocenters. The van der Waals surface area contributed by atoms with Crippen LogP contribution in [-0.4, -0.2) is 36.1 Å². The van der Waals surface area contributed by atoms with Gasteiger partial charge in [-0.2, -0.15) is 0 Å². The van der Waals surface area contributed by atoms with Crippen molar-refractivity contribution in [2.75, 3.05) is 13.2 Å². The van der Waals surface area contributed by atoms with Crippen molar-refractivity contribution in [1.29, 1.82) is 0 Å². The lowest BCUT2D eigenvalue weighted by molar-refractivity contribution is -0.146. The van der Waals surface area contributed by atoms with Crippen LogP contribution < -0.4 is 0 Å². The van der Waals surface area contributed by atoms with Crippen LogP contribution in [0.25, 0.3) is 0 Å². The first-order valence-corrected chi connectivity index (χ1v) is 8.41. The van der Waals surface area contributed by atoms with E-state index >= 15 is 0 Å². The number of carbonyl (C=O) groups is 1. The Kier molecular flexibility index (Phi) is 5.48. The van der Waals surface area contributed by atoms with Gasteiger partial charge in [0.1, 0.15) is 6.10 Å². The van der Waals surface area contributed by atoms with Crippen molar-refractivity contribution in [3.8, 4) is 0 Å². The number of hydrogen-bond acceptors (Lipinski definition) is 2. The smallest absolute Gasteiger partial charge is 0.251 e. The van der Waals surface area contributed by atoms with E-state index in [9.17, 15) is 4.79 Å². The lowest BCUT2D eigenvalue weighted by Gasteiger charge is -2.34. The summed E-state index contributed by atoms with van der Waals surface area (Å²) in [6, 6.07) is 0.388. The monoisotopic (exact) mass is 281 g/mol. The van der Waals surface area contributed by atoms with Crippen molar-refractivity contribution in [1.82, 2.24) is 4.90 Å². The van der Waals surface area contributed by atoms with Crippen LogP contribution in [-0.2, 0) is 9.53 Å². The lowest BCUT2D eigenvalue weighted by atomic mass is 9.95. The van der Waals surface area contributed by atoms with E-state index in [0.29, 0.717) is 12.0 Å². The summed E-state index contributed by atoms with van der Waals surface area (Å²) >= 11 is 0. The fraction of sp³-hybridized carbons (Fsp3) is 0.941. The van der Waals surface area contributed by atoms with E-state index < -0.39 is 0 Å². The van der Waals surface area contributed by atoms with E-state index in [1.54, 1.807) is 0 Å². The van der Waals surface area contributed by atoms with E-state index in [1.807, 2.05) is 6.92 Å². The van der Waals surface area contributed by atoms with Gasteiger partial charge >= 0.3 is 0 Å². The number of nitrogens with zero attached hydrogens (tertiary/aromatic N) is 1. The molecular weight excluding hydrogens is 250 g/mol. The second-order valence-electron chi connectivity index (χ2n) is 7.23. The van der Waals surface area contributed by atoms with Gasteiger partial charge in [-0.25, -0.2) is 0 Å². The Morgan fingerprint density at radius 2 is 1.85 bits per heavy atom. The zero-order valence-electron chi connectivity index (χ0n) is 13.6. The highest BCUT2D eigenvalue weighted by atomic mass is 16.5. The van der Waals surface area contributed by atoms with Crippen molar-refractivity contribution in [3.05, 3.63) is 0 Å². The molecule has 1 aliphatic heterocycles. The minimum absolute atomic E-state index is 0.207. The van der Waals surface area contributed by atoms with Gasteiger partial charge in [0.2, 0.25) is 0 Å². The summed E-state index contributed by atoms with van der Waals surface area (Å²) in [5.74, 6) is 2.19. The predicted molar refractivity (Wildman–Crippen MR) is 81.5 cm³/mol. The highest BCUT2D eigenvalue weighted by Crippen LogP contribution is 2.30. The van der Waals surface area contributed by atoms with Crippen LogP contribution in [0.3, 0.4) is 0 Å². The number of ether oxygens (including phenoxy) is 1. The van der Waals surface area contributed by atoms with Gasteiger partial charge in [0, 0.05) is 12.6 Å². The fourth-order valence-corrected chi connectivity index (χ4v) is 3.12. The number of carbonyl (C=O) groups excluding carboxylic acids is 1. The molecule has 3 heteroatoms. The molecular formula is C17H31NO2. The molecule has 3 unspecified atom stereocenters. The Morgan fingerprint density at radius 3 is 2.45 bits per heavy atom. The molecule has 3 nitrogen and oxygen atoms in total. The van der Waals surface area contributed by atoms with E-state index in [-0.39, 0.29) is 12.0 Å². The molecule has 1 aliphatic carbocycles. The van der Waals surface area contributed by atoms with E-state index in [0.717, 1.165) is 37.8 Å². The summed E-state index contributed by atoms with van der Waals surface area (Å²) in [7, 11) is 0. The Labute approximate surface area is 124 Å². The molecule has 0 bridgehead atoms. The van der Waals surface area contributed by atoms with Gasteiger partial charge in [-0.05, 0) is 56.8 Å². The van der Waals surface area contributed by atoms with Gasteiger partial charge < -0.3 is 9.64 Å². The van der Waals surface area contributed by atoms with Crippen molar-refractivity contribution in [2.45, 2.75) is 71.9 Å². The minimum Gasteiger partial charge on any atom is -0.368 e. The largest absolute Gasteiger partial charge is 0.368 e. The number of amides is 1. The molecule has 20 heavy (non-hydrogen) atoms. The molecule has 0 aromatic rings. The first-order chi connectivity index (χ1) is 9.49. The van der Waals surface area contributed by atoms with Crippen LogP contribution in [0.5, 0.6) is 0 Å². The minimum atomic E-state index is -0.273. The summed E-state index contributed by atoms with van der Waals surface area (Å²) in [6.07, 6.45) is 5.78. The van der Waals surface area contributed by atoms with Crippen LogP contribution in [0.1, 0.15) is 59.8 Å². The second-order valence-corrected chi connectivity index (χ2v) is 7.23. The molecule has 2 fully saturated rings. The van der Waals surface area contributed by atoms with Crippen LogP contribution in [0.2, 0.25) is 0 Å². The maximum absolute atomic E-state index is 12.7. The van der Waals surface area contributed by atoms with Gasteiger partial charge in [0.05, 0.1) is 6.61 Å². The highest BCUT2D eigenvalue weighted by Gasteiger charge is 2.33. The van der Waals surface area contributed by atoms with Crippen molar-refractivity contribution < 1.29 is 9.53 Å². The van der Waals surface area contributed by atoms with Gasteiger partial charge in [0.25, 0.3) is 5.91 Å². The molecule has 116 valence electrons. The Hall–Kier alpha value is -0.570. The predicted octanol–water partition coefficient (Wildman–Crippen LogP) is 3.47. The quantitative estimate of drug-likeness (QED) is 0.772. The summed E-state index contributed by atoms with van der Waals surface area (Å²) in [5, 5.41) is 0. The Bertz CT molecular complexity index is 325. The van der Waals surface area contributed by atoms with E-state index in [4.69, 9.17) is 4.74 Å². The molecule has 2 aliphatic rings. The third-order valence-electron chi connectivity index (χ3n) is 4.90. The Balaban J connectivity index is 1.95. The van der Waals surface area contributed by atoms with Gasteiger partial charge in [-0.1, -0.05) is 20.8 Å². The zero-order chi connectivity index (χ0) is 14.7. The molecule has 1 heterocycles. The Morgan fingerprint density at radius 1 is 1.15 bits per heavy atom. The maximum Gasteiger partial charge on any atom is 0.251 e. The highest BCUT2D eigenvalue weighted by molar-refractivity contribution is 5.81. The third-order valence-corrected chi connectivity index (χ3v) is 4.90. The van der Waals surface area contributed by atoms with E-state index in [1.165, 1.54) is 19.3 Å². The summed E-state index contributed by atoms with van der Waals surface area (Å²) in [6.45, 7) is 10.4. The molecule has 1 amide bonds. The van der Waals surface area contributed by atoms with Crippen molar-refractivity contribution in [3.63, 3.8) is 0 Å². The maximum atomic E-state index is 12.7. The lowest BCUT2D eigenvalue weighted by Crippen LogP contribution is -2.47. The number of hydrogen-bond donors (Lipinski definition) is 0. The van der Waals surface area contributed by atoms with Crippen molar-refractivity contribution >= 4 is 5.91 Å².